The summed E-state index contributed by atoms with van der Waals surface area (Å²) in [7, 11) is -3.26. The number of nitrogens with zero attached hydrogens (tertiary/aromatic N) is 1. The second-order valence-electron chi connectivity index (χ2n) is 5.04. The topological polar surface area (TPSA) is 66.5 Å². The molecular formula is C14H19BrN2O3S. The Labute approximate surface area is 133 Å². The van der Waals surface area contributed by atoms with E-state index in [1.165, 1.54) is 4.31 Å². The Morgan fingerprint density at radius 2 is 1.95 bits per heavy atom. The molecular weight excluding hydrogens is 356 g/mol. The quantitative estimate of drug-likeness (QED) is 0.856. The Morgan fingerprint density at radius 1 is 1.24 bits per heavy atom. The molecule has 0 aromatic heterocycles. The van der Waals surface area contributed by atoms with Crippen molar-refractivity contribution >= 4 is 31.9 Å². The normalized spacial score (nSPS) is 16.6. The lowest BCUT2D eigenvalue weighted by Crippen LogP contribution is -2.40. The molecule has 21 heavy (non-hydrogen) atoms. The highest BCUT2D eigenvalue weighted by Crippen LogP contribution is 2.13. The van der Waals surface area contributed by atoms with Crippen molar-refractivity contribution in [3.05, 3.63) is 34.3 Å². The van der Waals surface area contributed by atoms with Gasteiger partial charge in [0.05, 0.1) is 5.75 Å². The van der Waals surface area contributed by atoms with Crippen LogP contribution in [0, 0.1) is 0 Å². The second-order valence-corrected chi connectivity index (χ2v) is 8.05. The van der Waals surface area contributed by atoms with E-state index in [-0.39, 0.29) is 18.2 Å². The van der Waals surface area contributed by atoms with Crippen molar-refractivity contribution in [1.82, 2.24) is 9.62 Å². The Morgan fingerprint density at radius 3 is 2.62 bits per heavy atom. The Bertz CT molecular complexity index is 598. The van der Waals surface area contributed by atoms with Gasteiger partial charge in [-0.3, -0.25) is 4.79 Å². The van der Waals surface area contributed by atoms with E-state index in [9.17, 15) is 13.2 Å². The maximum absolute atomic E-state index is 12.1. The molecule has 1 saturated heterocycles. The molecule has 0 spiro atoms. The molecule has 1 aliphatic rings. The zero-order chi connectivity index (χ0) is 15.3. The maximum atomic E-state index is 12.1. The Balaban J connectivity index is 1.84. The van der Waals surface area contributed by atoms with Crippen molar-refractivity contribution in [2.24, 2.45) is 0 Å². The van der Waals surface area contributed by atoms with E-state index < -0.39 is 10.0 Å². The number of amides is 1. The van der Waals surface area contributed by atoms with Crippen molar-refractivity contribution in [3.8, 4) is 0 Å². The first kappa shape index (κ1) is 16.5. The van der Waals surface area contributed by atoms with E-state index in [2.05, 4.69) is 21.2 Å². The van der Waals surface area contributed by atoms with Crippen molar-refractivity contribution < 1.29 is 13.2 Å². The van der Waals surface area contributed by atoms with Gasteiger partial charge in [0, 0.05) is 29.7 Å². The summed E-state index contributed by atoms with van der Waals surface area (Å²) in [6.45, 7) is 1.33. The van der Waals surface area contributed by atoms with Crippen LogP contribution in [0.2, 0.25) is 0 Å². The molecule has 0 unspecified atom stereocenters. The predicted molar refractivity (Wildman–Crippen MR) is 85.7 cm³/mol. The zero-order valence-electron chi connectivity index (χ0n) is 11.7. The number of carbonyl (C=O) groups excluding carboxylic acids is 1. The molecule has 0 bridgehead atoms. The molecule has 1 heterocycles. The number of halogens is 1. The molecule has 0 saturated carbocycles. The van der Waals surface area contributed by atoms with E-state index >= 15 is 0 Å². The average Bonchev–Trinajstić information content (AvgIpc) is 2.48. The van der Waals surface area contributed by atoms with Crippen LogP contribution in [-0.2, 0) is 10.0 Å². The maximum Gasteiger partial charge on any atom is 0.251 e. The number of piperidine rings is 1. The smallest absolute Gasteiger partial charge is 0.251 e. The van der Waals surface area contributed by atoms with Gasteiger partial charge in [0.1, 0.15) is 0 Å². The molecule has 1 aromatic carbocycles. The van der Waals surface area contributed by atoms with Gasteiger partial charge < -0.3 is 5.32 Å². The summed E-state index contributed by atoms with van der Waals surface area (Å²) in [6.07, 6.45) is 2.93. The second kappa shape index (κ2) is 7.38. The first-order valence-corrected chi connectivity index (χ1v) is 9.41. The van der Waals surface area contributed by atoms with E-state index in [4.69, 9.17) is 0 Å². The molecule has 5 nitrogen and oxygen atoms in total. The molecule has 1 amide bonds. The molecule has 0 aliphatic carbocycles. The minimum Gasteiger partial charge on any atom is -0.351 e. The first-order valence-electron chi connectivity index (χ1n) is 7.01. The molecule has 116 valence electrons. The summed E-state index contributed by atoms with van der Waals surface area (Å²) in [5.41, 5.74) is 0.514. The van der Waals surface area contributed by atoms with Gasteiger partial charge in [-0.25, -0.2) is 12.7 Å². The van der Waals surface area contributed by atoms with E-state index in [1.807, 2.05) is 6.07 Å². The summed E-state index contributed by atoms with van der Waals surface area (Å²) in [4.78, 5) is 11.9. The van der Waals surface area contributed by atoms with Gasteiger partial charge in [-0.2, -0.15) is 0 Å². The summed E-state index contributed by atoms with van der Waals surface area (Å²) in [5.74, 6) is -0.308. The lowest BCUT2D eigenvalue weighted by molar-refractivity contribution is 0.0956. The summed E-state index contributed by atoms with van der Waals surface area (Å²) in [6, 6.07) is 6.99. The van der Waals surface area contributed by atoms with Crippen LogP contribution in [0.5, 0.6) is 0 Å². The van der Waals surface area contributed by atoms with E-state index in [1.54, 1.807) is 18.2 Å². The minimum atomic E-state index is -3.26. The fraction of sp³-hybridized carbons (Fsp3) is 0.500. The number of benzene rings is 1. The lowest BCUT2D eigenvalue weighted by atomic mass is 10.2. The molecule has 1 aromatic rings. The van der Waals surface area contributed by atoms with Crippen LogP contribution in [-0.4, -0.2) is 44.0 Å². The van der Waals surface area contributed by atoms with Gasteiger partial charge >= 0.3 is 0 Å². The third kappa shape index (κ3) is 4.79. The minimum absolute atomic E-state index is 0.0489. The fourth-order valence-electron chi connectivity index (χ4n) is 2.30. The summed E-state index contributed by atoms with van der Waals surface area (Å²) < 4.78 is 26.6. The highest BCUT2D eigenvalue weighted by molar-refractivity contribution is 9.10. The largest absolute Gasteiger partial charge is 0.351 e. The van der Waals surface area contributed by atoms with Gasteiger partial charge in [-0.1, -0.05) is 28.4 Å². The SMILES string of the molecule is O=C(NCCS(=O)(=O)N1CCCCC1)c1cccc(Br)c1. The molecule has 2 rings (SSSR count). The molecule has 0 radical (unpaired) electrons. The molecule has 1 N–H and O–H groups in total. The molecule has 1 fully saturated rings. The summed E-state index contributed by atoms with van der Waals surface area (Å²) in [5, 5.41) is 2.66. The molecule has 0 atom stereocenters. The summed E-state index contributed by atoms with van der Waals surface area (Å²) >= 11 is 3.30. The monoisotopic (exact) mass is 374 g/mol. The third-order valence-electron chi connectivity index (χ3n) is 3.44. The third-order valence-corrected chi connectivity index (χ3v) is 5.81. The van der Waals surface area contributed by atoms with Gasteiger partial charge in [-0.15, -0.1) is 0 Å². The van der Waals surface area contributed by atoms with Gasteiger partial charge in [0.25, 0.3) is 5.91 Å². The zero-order valence-corrected chi connectivity index (χ0v) is 14.1. The number of carbonyl (C=O) groups is 1. The van der Waals surface area contributed by atoms with Crippen LogP contribution in [0.25, 0.3) is 0 Å². The van der Waals surface area contributed by atoms with Crippen LogP contribution in [0.4, 0.5) is 0 Å². The average molecular weight is 375 g/mol. The highest BCUT2D eigenvalue weighted by Gasteiger charge is 2.23. The van der Waals surface area contributed by atoms with Crippen molar-refractivity contribution in [1.29, 1.82) is 0 Å². The number of sulfonamides is 1. The number of hydrogen-bond donors (Lipinski definition) is 1. The lowest BCUT2D eigenvalue weighted by Gasteiger charge is -2.25. The number of hydrogen-bond acceptors (Lipinski definition) is 3. The van der Waals surface area contributed by atoms with Crippen LogP contribution >= 0.6 is 15.9 Å². The molecule has 7 heteroatoms. The standard InChI is InChI=1S/C14H19BrN2O3S/c15-13-6-4-5-12(11-13)14(18)16-7-10-21(19,20)17-8-2-1-3-9-17/h4-6,11H,1-3,7-10H2,(H,16,18). The van der Waals surface area contributed by atoms with Crippen LogP contribution in [0.15, 0.2) is 28.7 Å². The van der Waals surface area contributed by atoms with Gasteiger partial charge in [-0.05, 0) is 31.0 Å². The van der Waals surface area contributed by atoms with Crippen molar-refractivity contribution in [2.75, 3.05) is 25.4 Å². The number of rotatable bonds is 5. The van der Waals surface area contributed by atoms with Gasteiger partial charge in [0.2, 0.25) is 10.0 Å². The fourth-order valence-corrected chi connectivity index (χ4v) is 4.13. The van der Waals surface area contributed by atoms with E-state index in [0.717, 1.165) is 23.7 Å². The number of nitrogens with one attached hydrogen (secondary N) is 1. The van der Waals surface area contributed by atoms with Crippen molar-refractivity contribution in [3.63, 3.8) is 0 Å². The Kier molecular flexibility index (Phi) is 5.78. The van der Waals surface area contributed by atoms with E-state index in [0.29, 0.717) is 18.7 Å². The van der Waals surface area contributed by atoms with Crippen LogP contribution in [0.1, 0.15) is 29.6 Å². The predicted octanol–water partition coefficient (Wildman–Crippen LogP) is 1.99. The Hall–Kier alpha value is -0.920. The van der Waals surface area contributed by atoms with Crippen LogP contribution < -0.4 is 5.32 Å². The molecule has 1 aliphatic heterocycles. The van der Waals surface area contributed by atoms with Gasteiger partial charge in [0.15, 0.2) is 0 Å². The highest BCUT2D eigenvalue weighted by atomic mass is 79.9. The first-order chi connectivity index (χ1) is 9.99. The van der Waals surface area contributed by atoms with Crippen LogP contribution in [0.3, 0.4) is 0 Å². The van der Waals surface area contributed by atoms with Crippen molar-refractivity contribution in [2.45, 2.75) is 19.3 Å².